The molecule has 0 aromatic carbocycles. The van der Waals surface area contributed by atoms with Crippen molar-refractivity contribution < 1.29 is 26.3 Å². The minimum Gasteiger partial charge on any atom is -0.170 e. The topological polar surface area (TPSA) is 0 Å². The molecule has 6 heteroatoms. The molecule has 16 heavy (non-hydrogen) atoms. The van der Waals surface area contributed by atoms with Crippen LogP contribution in [-0.2, 0) is 0 Å². The summed E-state index contributed by atoms with van der Waals surface area (Å²) in [5.41, 5.74) is -3.71. The lowest BCUT2D eigenvalue weighted by atomic mass is 9.82. The van der Waals surface area contributed by atoms with Crippen LogP contribution in [0.5, 0.6) is 0 Å². The fraction of sp³-hybridized carbons (Fsp3) is 0.800. The fourth-order valence-corrected chi connectivity index (χ4v) is 1.32. The van der Waals surface area contributed by atoms with Crippen molar-refractivity contribution in [2.24, 2.45) is 5.41 Å². The molecule has 0 unspecified atom stereocenters. The van der Waals surface area contributed by atoms with Gasteiger partial charge in [0.25, 0.3) is 0 Å². The summed E-state index contributed by atoms with van der Waals surface area (Å²) in [6, 6.07) is 0. The van der Waals surface area contributed by atoms with E-state index in [0.717, 1.165) is 13.0 Å². The molecule has 0 aliphatic carbocycles. The van der Waals surface area contributed by atoms with E-state index in [4.69, 9.17) is 0 Å². The zero-order chi connectivity index (χ0) is 13.0. The van der Waals surface area contributed by atoms with E-state index >= 15 is 0 Å². The van der Waals surface area contributed by atoms with Crippen LogP contribution in [-0.4, -0.2) is 12.4 Å². The fourth-order valence-electron chi connectivity index (χ4n) is 1.32. The van der Waals surface area contributed by atoms with Crippen molar-refractivity contribution in [2.45, 2.75) is 45.5 Å². The minimum absolute atomic E-state index is 0.202. The third-order valence-electron chi connectivity index (χ3n) is 2.43. The van der Waals surface area contributed by atoms with Crippen LogP contribution in [0.15, 0.2) is 12.2 Å². The third-order valence-corrected chi connectivity index (χ3v) is 2.43. The molecular weight excluding hydrogens is 234 g/mol. The largest absolute Gasteiger partial charge is 0.406 e. The van der Waals surface area contributed by atoms with E-state index in [1.807, 2.05) is 0 Å². The molecule has 0 aromatic heterocycles. The molecule has 0 nitrogen and oxygen atoms in total. The highest BCUT2D eigenvalue weighted by molar-refractivity contribution is 5.08. The van der Waals surface area contributed by atoms with E-state index in [1.54, 1.807) is 6.92 Å². The summed E-state index contributed by atoms with van der Waals surface area (Å²) in [7, 11) is 0. The molecule has 0 bridgehead atoms. The number of unbranched alkanes of at least 4 members (excludes halogenated alkanes) is 1. The molecule has 0 N–H and O–H groups in total. The van der Waals surface area contributed by atoms with Crippen molar-refractivity contribution in [1.82, 2.24) is 0 Å². The molecule has 0 saturated carbocycles. The van der Waals surface area contributed by atoms with E-state index in [2.05, 4.69) is 0 Å². The molecule has 0 amide bonds. The van der Waals surface area contributed by atoms with Crippen LogP contribution in [0.2, 0.25) is 0 Å². The molecule has 96 valence electrons. The van der Waals surface area contributed by atoms with Gasteiger partial charge in [0.1, 0.15) is 0 Å². The quantitative estimate of drug-likeness (QED) is 0.492. The SMILES string of the molecule is CCCC=CC(CC)(C(F)(F)F)C(F)(F)F. The predicted molar refractivity (Wildman–Crippen MR) is 48.9 cm³/mol. The molecule has 0 aliphatic heterocycles. The monoisotopic (exact) mass is 248 g/mol. The van der Waals surface area contributed by atoms with Crippen molar-refractivity contribution in [2.75, 3.05) is 0 Å². The Kier molecular flexibility index (Phi) is 4.88. The molecule has 0 fully saturated rings. The first-order valence-electron chi connectivity index (χ1n) is 4.93. The Labute approximate surface area is 90.3 Å². The van der Waals surface area contributed by atoms with Crippen LogP contribution in [0, 0.1) is 5.41 Å². The molecular formula is C10H14F6. The lowest BCUT2D eigenvalue weighted by molar-refractivity contribution is -0.322. The smallest absolute Gasteiger partial charge is 0.170 e. The molecule has 0 aliphatic rings. The van der Waals surface area contributed by atoms with Crippen LogP contribution in [0.3, 0.4) is 0 Å². The van der Waals surface area contributed by atoms with E-state index in [9.17, 15) is 26.3 Å². The van der Waals surface area contributed by atoms with Gasteiger partial charge in [0, 0.05) is 0 Å². The number of rotatable bonds is 4. The van der Waals surface area contributed by atoms with E-state index in [1.165, 1.54) is 0 Å². The highest BCUT2D eigenvalue weighted by atomic mass is 19.4. The van der Waals surface area contributed by atoms with Gasteiger partial charge in [-0.1, -0.05) is 32.4 Å². The second kappa shape index (κ2) is 5.10. The Morgan fingerprint density at radius 3 is 1.56 bits per heavy atom. The first-order chi connectivity index (χ1) is 7.12. The summed E-state index contributed by atoms with van der Waals surface area (Å²) >= 11 is 0. The number of halogens is 6. The molecule has 0 rings (SSSR count). The summed E-state index contributed by atoms with van der Waals surface area (Å²) < 4.78 is 75.2. The molecule has 0 aromatic rings. The molecule has 0 heterocycles. The first-order valence-corrected chi connectivity index (χ1v) is 4.93. The Balaban J connectivity index is 5.32. The van der Waals surface area contributed by atoms with Crippen molar-refractivity contribution in [3.05, 3.63) is 12.2 Å². The van der Waals surface area contributed by atoms with Gasteiger partial charge < -0.3 is 0 Å². The predicted octanol–water partition coefficient (Wildman–Crippen LogP) is 4.86. The van der Waals surface area contributed by atoms with E-state index < -0.39 is 24.2 Å². The maximum atomic E-state index is 12.5. The molecule has 0 radical (unpaired) electrons. The van der Waals surface area contributed by atoms with Crippen LogP contribution in [0.1, 0.15) is 33.1 Å². The van der Waals surface area contributed by atoms with Crippen LogP contribution >= 0.6 is 0 Å². The number of hydrogen-bond acceptors (Lipinski definition) is 0. The summed E-state index contributed by atoms with van der Waals surface area (Å²) in [5.74, 6) is 0. The lowest BCUT2D eigenvalue weighted by Gasteiger charge is -2.33. The second-order valence-electron chi connectivity index (χ2n) is 3.51. The lowest BCUT2D eigenvalue weighted by Crippen LogP contribution is -2.48. The maximum Gasteiger partial charge on any atom is 0.406 e. The first kappa shape index (κ1) is 15.3. The Morgan fingerprint density at radius 2 is 1.31 bits per heavy atom. The van der Waals surface area contributed by atoms with Gasteiger partial charge >= 0.3 is 12.4 Å². The maximum absolute atomic E-state index is 12.5. The molecule has 0 spiro atoms. The Morgan fingerprint density at radius 1 is 0.875 bits per heavy atom. The zero-order valence-electron chi connectivity index (χ0n) is 9.04. The van der Waals surface area contributed by atoms with Crippen LogP contribution < -0.4 is 0 Å². The number of allylic oxidation sites excluding steroid dienone is 2. The van der Waals surface area contributed by atoms with Crippen molar-refractivity contribution in [1.29, 1.82) is 0 Å². The standard InChI is InChI=1S/C10H14F6/c1-3-5-6-7-8(4-2,9(11,12)13)10(14,15)16/h6-7H,3-5H2,1-2H3. The van der Waals surface area contributed by atoms with Gasteiger partial charge in [0.2, 0.25) is 0 Å². The van der Waals surface area contributed by atoms with Gasteiger partial charge in [0.15, 0.2) is 5.41 Å². The average Bonchev–Trinajstić information content (AvgIpc) is 2.08. The number of alkyl halides is 6. The summed E-state index contributed by atoms with van der Waals surface area (Å²) in [5, 5.41) is 0. The highest BCUT2D eigenvalue weighted by Crippen LogP contribution is 2.53. The van der Waals surface area contributed by atoms with Gasteiger partial charge in [-0.15, -0.1) is 0 Å². The van der Waals surface area contributed by atoms with Gasteiger partial charge in [-0.3, -0.25) is 0 Å². The number of hydrogen-bond donors (Lipinski definition) is 0. The average molecular weight is 248 g/mol. The summed E-state index contributed by atoms with van der Waals surface area (Å²) in [6.07, 6.45) is -9.77. The summed E-state index contributed by atoms with van der Waals surface area (Å²) in [4.78, 5) is 0. The third kappa shape index (κ3) is 2.92. The van der Waals surface area contributed by atoms with Crippen molar-refractivity contribution in [3.8, 4) is 0 Å². The van der Waals surface area contributed by atoms with Crippen molar-refractivity contribution in [3.63, 3.8) is 0 Å². The van der Waals surface area contributed by atoms with Gasteiger partial charge in [-0.05, 0) is 12.8 Å². The van der Waals surface area contributed by atoms with Gasteiger partial charge in [-0.2, -0.15) is 26.3 Å². The van der Waals surface area contributed by atoms with E-state index in [0.29, 0.717) is 6.42 Å². The van der Waals surface area contributed by atoms with Crippen LogP contribution in [0.25, 0.3) is 0 Å². The van der Waals surface area contributed by atoms with Crippen molar-refractivity contribution >= 4 is 0 Å². The molecule has 0 atom stereocenters. The van der Waals surface area contributed by atoms with Gasteiger partial charge in [-0.25, -0.2) is 0 Å². The second-order valence-corrected chi connectivity index (χ2v) is 3.51. The summed E-state index contributed by atoms with van der Waals surface area (Å²) in [6.45, 7) is 2.57. The molecule has 0 saturated heterocycles. The van der Waals surface area contributed by atoms with E-state index in [-0.39, 0.29) is 12.5 Å². The normalized spacial score (nSPS) is 14.8. The van der Waals surface area contributed by atoms with Crippen LogP contribution in [0.4, 0.5) is 26.3 Å². The zero-order valence-corrected chi connectivity index (χ0v) is 9.04. The Hall–Kier alpha value is -0.680. The Bertz CT molecular complexity index is 221. The highest BCUT2D eigenvalue weighted by Gasteiger charge is 2.67. The van der Waals surface area contributed by atoms with Gasteiger partial charge in [0.05, 0.1) is 0 Å². The minimum atomic E-state index is -5.32.